The summed E-state index contributed by atoms with van der Waals surface area (Å²) in [6.07, 6.45) is 0.298. The lowest BCUT2D eigenvalue weighted by molar-refractivity contribution is -0.384. The van der Waals surface area contributed by atoms with Gasteiger partial charge >= 0.3 is 0 Å². The minimum Gasteiger partial charge on any atom is -0.391 e. The minimum absolute atomic E-state index is 0.0615. The van der Waals surface area contributed by atoms with Gasteiger partial charge in [-0.2, -0.15) is 0 Å². The first-order valence-electron chi connectivity index (χ1n) is 16.3. The summed E-state index contributed by atoms with van der Waals surface area (Å²) in [5.41, 5.74) is 11.4. The van der Waals surface area contributed by atoms with Crippen molar-refractivity contribution in [1.82, 2.24) is 26.6 Å². The molecule has 1 heterocycles. The second kappa shape index (κ2) is 20.2. The molecule has 50 heavy (non-hydrogen) atoms. The fourth-order valence-corrected chi connectivity index (χ4v) is 6.36. The number of hydrogen-bond acceptors (Lipinski definition) is 11. The van der Waals surface area contributed by atoms with Gasteiger partial charge in [-0.1, -0.05) is 32.4 Å². The molecule has 19 heteroatoms. The summed E-state index contributed by atoms with van der Waals surface area (Å²) in [4.78, 5) is 88.3. The van der Waals surface area contributed by atoms with E-state index >= 15 is 0 Å². The van der Waals surface area contributed by atoms with Crippen molar-refractivity contribution in [1.29, 1.82) is 0 Å². The number of carbonyl (C=O) groups is 6. The Hall–Kier alpha value is -4.49. The molecule has 1 aliphatic rings. The largest absolute Gasteiger partial charge is 0.391 e. The lowest BCUT2D eigenvalue weighted by atomic mass is 10.0. The Labute approximate surface area is 292 Å². The van der Waals surface area contributed by atoms with Crippen LogP contribution in [0.15, 0.2) is 24.3 Å². The number of aliphatic hydroxyl groups is 1. The van der Waals surface area contributed by atoms with Crippen LogP contribution >= 0.6 is 0 Å². The number of primary amides is 1. The van der Waals surface area contributed by atoms with E-state index in [0.29, 0.717) is 24.8 Å². The number of nitro groups is 1. The molecule has 0 aliphatic carbocycles. The van der Waals surface area contributed by atoms with Crippen molar-refractivity contribution < 1.29 is 43.0 Å². The lowest BCUT2D eigenvalue weighted by Crippen LogP contribution is -2.62. The van der Waals surface area contributed by atoms with Gasteiger partial charge in [-0.15, -0.1) is 0 Å². The monoisotopic (exact) mass is 724 g/mol. The van der Waals surface area contributed by atoms with E-state index in [-0.39, 0.29) is 48.9 Å². The third-order valence-corrected chi connectivity index (χ3v) is 9.37. The van der Waals surface area contributed by atoms with E-state index in [0.717, 1.165) is 0 Å². The highest BCUT2D eigenvalue weighted by molar-refractivity contribution is 7.85. The molecule has 1 aromatic carbocycles. The molecule has 18 nitrogen and oxygen atoms in total. The minimum atomic E-state index is -1.61. The van der Waals surface area contributed by atoms with Crippen LogP contribution in [0.1, 0.15) is 58.4 Å². The summed E-state index contributed by atoms with van der Waals surface area (Å²) >= 11 is 0. The van der Waals surface area contributed by atoms with Crippen molar-refractivity contribution in [3.8, 4) is 0 Å². The number of aliphatic hydroxyl groups excluding tert-OH is 1. The van der Waals surface area contributed by atoms with Crippen LogP contribution in [-0.4, -0.2) is 104 Å². The van der Waals surface area contributed by atoms with Crippen molar-refractivity contribution in [3.05, 3.63) is 39.9 Å². The van der Waals surface area contributed by atoms with Crippen LogP contribution in [0.5, 0.6) is 0 Å². The fourth-order valence-electron chi connectivity index (χ4n) is 5.06. The van der Waals surface area contributed by atoms with Gasteiger partial charge in [-0.05, 0) is 44.2 Å². The molecular weight excluding hydrogens is 676 g/mol. The Bertz CT molecular complexity index is 1410. The predicted octanol–water partition coefficient (Wildman–Crippen LogP) is -2.25. The highest BCUT2D eigenvalue weighted by Crippen LogP contribution is 2.14. The quantitative estimate of drug-likeness (QED) is 0.0749. The van der Waals surface area contributed by atoms with E-state index < -0.39 is 87.5 Å². The number of nitrogens with one attached hydrogen (secondary N) is 5. The lowest BCUT2D eigenvalue weighted by Gasteiger charge is -2.29. The van der Waals surface area contributed by atoms with E-state index in [4.69, 9.17) is 11.5 Å². The highest BCUT2D eigenvalue weighted by atomic mass is 32.2. The number of nitro benzene ring substituents is 1. The molecule has 0 radical (unpaired) electrons. The summed E-state index contributed by atoms with van der Waals surface area (Å²) in [5, 5.41) is 33.8. The van der Waals surface area contributed by atoms with Gasteiger partial charge in [0.2, 0.25) is 35.4 Å². The molecule has 0 aromatic heterocycles. The molecule has 1 fully saturated rings. The van der Waals surface area contributed by atoms with Crippen LogP contribution in [0, 0.1) is 16.0 Å². The van der Waals surface area contributed by atoms with Crippen LogP contribution in [0.25, 0.3) is 0 Å². The van der Waals surface area contributed by atoms with Gasteiger partial charge in [-0.3, -0.25) is 43.1 Å². The molecular formula is C31H48N8O10S. The maximum Gasteiger partial charge on any atom is 0.269 e. The van der Waals surface area contributed by atoms with E-state index in [1.165, 1.54) is 31.2 Å². The number of amides is 6. The Morgan fingerprint density at radius 2 is 1.64 bits per heavy atom. The molecule has 278 valence electrons. The number of nitrogens with zero attached hydrogens (tertiary/aromatic N) is 1. The average Bonchev–Trinajstić information content (AvgIpc) is 3.05. The van der Waals surface area contributed by atoms with Crippen LogP contribution in [-0.2, 0) is 46.0 Å². The smallest absolute Gasteiger partial charge is 0.269 e. The van der Waals surface area contributed by atoms with Crippen LogP contribution in [0.4, 0.5) is 5.69 Å². The summed E-state index contributed by atoms with van der Waals surface area (Å²) in [5.74, 6) is -5.35. The maximum absolute atomic E-state index is 13.6. The van der Waals surface area contributed by atoms with E-state index in [9.17, 15) is 48.2 Å². The summed E-state index contributed by atoms with van der Waals surface area (Å²) in [6.45, 7) is 4.48. The second-order valence-electron chi connectivity index (χ2n) is 12.4. The number of non-ortho nitro benzene ring substituents is 1. The highest BCUT2D eigenvalue weighted by Gasteiger charge is 2.35. The first-order valence-corrected chi connectivity index (χ1v) is 17.8. The van der Waals surface area contributed by atoms with E-state index in [2.05, 4.69) is 26.6 Å². The standard InChI is InChI=1S/C31H48N8O10S/c1-17(2)25(37-29(44)23-16-50(49)14-6-4-5-7-24(41)34-21(12-13-32)28(43)36-23)30(45)38-26(18(3)40)31(46)35-22(27(33)42)15-19-8-10-20(11-9-19)39(47)48/h8-11,17-18,21-23,25-26,40H,4-7,12-16,32H2,1-3H3,(H2,33,42)(H,34,41)(H,35,46)(H,36,43)(H,37,44)(H,38,45)/t18-,21?,22+,23?,25+,26+,50?/m1/s1. The number of carbonyl (C=O) groups excluding carboxylic acids is 6. The van der Waals surface area contributed by atoms with Crippen molar-refractivity contribution >= 4 is 51.9 Å². The van der Waals surface area contributed by atoms with E-state index in [1.807, 2.05) is 0 Å². The van der Waals surface area contributed by atoms with Gasteiger partial charge in [0.15, 0.2) is 0 Å². The normalized spacial score (nSPS) is 21.4. The zero-order chi connectivity index (χ0) is 37.5. The molecule has 6 amide bonds. The molecule has 3 unspecified atom stereocenters. The Morgan fingerprint density at radius 3 is 2.20 bits per heavy atom. The molecule has 2 rings (SSSR count). The van der Waals surface area contributed by atoms with Crippen molar-refractivity contribution in [2.24, 2.45) is 17.4 Å². The van der Waals surface area contributed by atoms with Crippen LogP contribution < -0.4 is 38.1 Å². The van der Waals surface area contributed by atoms with E-state index in [1.54, 1.807) is 13.8 Å². The Kier molecular flexibility index (Phi) is 16.9. The average molecular weight is 725 g/mol. The molecule has 1 saturated heterocycles. The number of rotatable bonds is 14. The van der Waals surface area contributed by atoms with Crippen molar-refractivity contribution in [3.63, 3.8) is 0 Å². The molecule has 0 spiro atoms. The number of benzene rings is 1. The topological polar surface area (TPSA) is 295 Å². The number of nitrogens with two attached hydrogens (primary N) is 2. The predicted molar refractivity (Wildman–Crippen MR) is 182 cm³/mol. The van der Waals surface area contributed by atoms with Crippen molar-refractivity contribution in [2.45, 2.75) is 95.6 Å². The third kappa shape index (κ3) is 13.4. The second-order valence-corrected chi connectivity index (χ2v) is 14.0. The fraction of sp³-hybridized carbons (Fsp3) is 0.613. The maximum atomic E-state index is 13.6. The van der Waals surface area contributed by atoms with Gasteiger partial charge in [0.05, 0.1) is 16.8 Å². The summed E-state index contributed by atoms with van der Waals surface area (Å²) in [6, 6.07) is -1.42. The molecule has 10 N–H and O–H groups in total. The SMILES string of the molecule is CC(C)[C@H](NC(=O)C1CS(=O)CCCCCC(=O)NC(CCN)C(=O)N1)C(=O)N[C@H](C(=O)N[C@@H](Cc1ccc([N+](=O)[O-])cc1)C(N)=O)[C@@H](C)O. The Morgan fingerprint density at radius 1 is 1.00 bits per heavy atom. The van der Waals surface area contributed by atoms with Crippen molar-refractivity contribution in [2.75, 3.05) is 18.1 Å². The van der Waals surface area contributed by atoms with Crippen LogP contribution in [0.2, 0.25) is 0 Å². The first kappa shape index (κ1) is 41.7. The molecule has 0 bridgehead atoms. The zero-order valence-corrected chi connectivity index (χ0v) is 29.2. The zero-order valence-electron chi connectivity index (χ0n) is 28.3. The molecule has 7 atom stereocenters. The van der Waals surface area contributed by atoms with Gasteiger partial charge in [0.1, 0.15) is 30.2 Å². The van der Waals surface area contributed by atoms with Gasteiger partial charge in [0.25, 0.3) is 5.69 Å². The Balaban J connectivity index is 2.22. The first-order chi connectivity index (χ1) is 23.5. The van der Waals surface area contributed by atoms with Crippen LogP contribution in [0.3, 0.4) is 0 Å². The van der Waals surface area contributed by atoms with Gasteiger partial charge in [-0.25, -0.2) is 0 Å². The number of hydrogen-bond donors (Lipinski definition) is 8. The van der Waals surface area contributed by atoms with Gasteiger partial charge in [0, 0.05) is 41.5 Å². The summed E-state index contributed by atoms with van der Waals surface area (Å²) in [7, 11) is -1.54. The molecule has 1 aromatic rings. The van der Waals surface area contributed by atoms with Gasteiger partial charge < -0.3 is 43.2 Å². The molecule has 0 saturated carbocycles. The third-order valence-electron chi connectivity index (χ3n) is 7.92. The summed E-state index contributed by atoms with van der Waals surface area (Å²) < 4.78 is 12.9. The molecule has 1 aliphatic heterocycles.